The van der Waals surface area contributed by atoms with Crippen LogP contribution in [-0.4, -0.2) is 16.5 Å². The van der Waals surface area contributed by atoms with Crippen molar-refractivity contribution in [3.05, 3.63) is 120 Å². The molecule has 0 spiro atoms. The predicted octanol–water partition coefficient (Wildman–Crippen LogP) is 13.2. The van der Waals surface area contributed by atoms with Gasteiger partial charge in [-0.3, -0.25) is 0 Å². The molecule has 0 amide bonds. The van der Waals surface area contributed by atoms with Crippen LogP contribution in [0.25, 0.3) is 31.9 Å². The molecule has 0 N–H and O–H groups in total. The van der Waals surface area contributed by atoms with Crippen molar-refractivity contribution >= 4 is 60.2 Å². The van der Waals surface area contributed by atoms with Gasteiger partial charge in [0.2, 0.25) is 0 Å². The Bertz CT molecular complexity index is 1650. The molecule has 0 saturated carbocycles. The van der Waals surface area contributed by atoms with E-state index in [2.05, 4.69) is 154 Å². The number of benzene rings is 4. The van der Waals surface area contributed by atoms with E-state index >= 15 is 0 Å². The zero-order chi connectivity index (χ0) is 32.8. The Morgan fingerprint density at radius 3 is 1.00 bits per heavy atom. The van der Waals surface area contributed by atoms with Crippen molar-refractivity contribution in [3.8, 4) is 0 Å². The maximum atomic E-state index is 7.02. The van der Waals surface area contributed by atoms with Crippen molar-refractivity contribution in [2.24, 2.45) is 0 Å². The van der Waals surface area contributed by atoms with Gasteiger partial charge < -0.3 is 29.2 Å². The molecular weight excluding hydrogens is 696 g/mol. The molecule has 3 nitrogen and oxygen atoms in total. The molecule has 1 aromatic heterocycles. The molecule has 0 bridgehead atoms. The third-order valence-corrected chi connectivity index (χ3v) is 14.3. The Morgan fingerprint density at radius 1 is 0.458 bits per heavy atom. The van der Waals surface area contributed by atoms with E-state index in [4.69, 9.17) is 14.4 Å². The van der Waals surface area contributed by atoms with Gasteiger partial charge in [-0.2, -0.15) is 0 Å². The molecule has 48 heavy (non-hydrogen) atoms. The molecule has 0 aliphatic carbocycles. The van der Waals surface area contributed by atoms with Crippen molar-refractivity contribution in [2.45, 2.75) is 105 Å². The van der Waals surface area contributed by atoms with Crippen LogP contribution in [-0.2, 0) is 26.2 Å². The van der Waals surface area contributed by atoms with Gasteiger partial charge in [-0.1, -0.05) is 177 Å². The van der Waals surface area contributed by atoms with Crippen molar-refractivity contribution in [1.82, 2.24) is 0 Å². The molecule has 5 rings (SSSR count). The minimum absolute atomic E-state index is 0. The molecule has 0 aliphatic heterocycles. The summed E-state index contributed by atoms with van der Waals surface area (Å²) in [6, 6.07) is 26.8. The number of furan rings is 1. The minimum Gasteiger partial charge on any atom is -0.683 e. The fourth-order valence-electron chi connectivity index (χ4n) is 6.74. The summed E-state index contributed by atoms with van der Waals surface area (Å²) in [7, 11) is -4.69. The van der Waals surface area contributed by atoms with E-state index in [1.165, 1.54) is 54.8 Å². The van der Waals surface area contributed by atoms with Crippen LogP contribution in [0.1, 0.15) is 101 Å². The predicted molar refractivity (Wildman–Crippen MR) is 216 cm³/mol. The number of fused-ring (bicyclic) bond motifs is 3. The van der Waals surface area contributed by atoms with Crippen LogP contribution in [0.4, 0.5) is 11.4 Å². The maximum absolute atomic E-state index is 7.02. The second-order valence-electron chi connectivity index (χ2n) is 15.0. The maximum Gasteiger partial charge on any atom is 4.00 e. The summed E-state index contributed by atoms with van der Waals surface area (Å²) < 4.78 is 7.02. The van der Waals surface area contributed by atoms with Gasteiger partial charge in [0.25, 0.3) is 0 Å². The quantitative estimate of drug-likeness (QED) is 0.103. The third kappa shape index (κ3) is 7.97. The SMILES string of the molecule is CC(C)c1cccc(C(C)C)c1[N-][Si](C)(C)c1cccc2c1oc1c([Si](C)(C)[N-]c3c(C(C)C)cccc3C(C)C)cccc12.[CH3-].[CH3-].[Zr+4]. The molecule has 0 fully saturated rings. The minimum atomic E-state index is -2.35. The monoisotopic (exact) mass is 752 g/mol. The summed E-state index contributed by atoms with van der Waals surface area (Å²) in [5.41, 5.74) is 9.67. The van der Waals surface area contributed by atoms with Crippen LogP contribution >= 0.6 is 0 Å². The van der Waals surface area contributed by atoms with Gasteiger partial charge >= 0.3 is 26.2 Å². The fraction of sp³-hybridized carbons (Fsp3) is 0.381. The molecule has 0 saturated heterocycles. The Labute approximate surface area is 314 Å². The molecular formula is C42H58N2OSi2Zr. The summed E-state index contributed by atoms with van der Waals surface area (Å²) >= 11 is 0. The molecule has 6 heteroatoms. The van der Waals surface area contributed by atoms with E-state index in [1.807, 2.05) is 0 Å². The summed E-state index contributed by atoms with van der Waals surface area (Å²) in [6.07, 6.45) is 0. The second-order valence-corrected chi connectivity index (χ2v) is 22.8. The Hall–Kier alpha value is -2.40. The van der Waals surface area contributed by atoms with Gasteiger partial charge in [0.15, 0.2) is 0 Å². The summed E-state index contributed by atoms with van der Waals surface area (Å²) in [5.74, 6) is 1.63. The van der Waals surface area contributed by atoms with Crippen molar-refractivity contribution in [3.63, 3.8) is 0 Å². The van der Waals surface area contributed by atoms with Crippen LogP contribution in [0, 0.1) is 14.9 Å². The van der Waals surface area contributed by atoms with E-state index in [9.17, 15) is 0 Å². The van der Waals surface area contributed by atoms with Gasteiger partial charge in [-0.25, -0.2) is 0 Å². The molecule has 0 unspecified atom stereocenters. The molecule has 0 atom stereocenters. The molecule has 254 valence electrons. The molecule has 4 aromatic carbocycles. The first-order chi connectivity index (χ1) is 21.1. The number of nitrogens with zero attached hydrogens (tertiary/aromatic N) is 2. The van der Waals surface area contributed by atoms with Crippen LogP contribution < -0.4 is 10.4 Å². The van der Waals surface area contributed by atoms with E-state index in [0.29, 0.717) is 23.7 Å². The van der Waals surface area contributed by atoms with Gasteiger partial charge in [-0.05, 0) is 50.5 Å². The van der Waals surface area contributed by atoms with E-state index in [0.717, 1.165) is 11.2 Å². The standard InChI is InChI=1S/C40H52N2OSi2.2CH3.Zr/c1-25(2)29-17-13-18-30(26(3)4)37(29)41-44(9,10)35-23-15-21-33-34-22-16-24-36(40(34)43-39(33)35)45(11,12)42-38-31(27(5)6)19-14-20-32(38)28(7)8;;;/h13-28H,1-12H3;2*1H3;/q-2;2*-1;+4. The van der Waals surface area contributed by atoms with Gasteiger partial charge in [0.05, 0.1) is 0 Å². The van der Waals surface area contributed by atoms with E-state index < -0.39 is 16.5 Å². The topological polar surface area (TPSA) is 41.3 Å². The molecule has 1 heterocycles. The van der Waals surface area contributed by atoms with Crippen LogP contribution in [0.2, 0.25) is 26.2 Å². The average Bonchev–Trinajstić information content (AvgIpc) is 3.35. The molecule has 0 radical (unpaired) electrons. The van der Waals surface area contributed by atoms with Gasteiger partial charge in [0, 0.05) is 10.8 Å². The normalized spacial score (nSPS) is 12.0. The van der Waals surface area contributed by atoms with Crippen molar-refractivity contribution in [1.29, 1.82) is 0 Å². The second kappa shape index (κ2) is 16.1. The first kappa shape index (κ1) is 41.8. The molecule has 5 aromatic rings. The number of para-hydroxylation sites is 2. The Morgan fingerprint density at radius 2 is 0.729 bits per heavy atom. The summed E-state index contributed by atoms with van der Waals surface area (Å²) in [4.78, 5) is 11.3. The fourth-order valence-corrected chi connectivity index (χ4v) is 11.1. The summed E-state index contributed by atoms with van der Waals surface area (Å²) in [6.45, 7) is 27.6. The largest absolute Gasteiger partial charge is 4.00 e. The Balaban J connectivity index is 0.00000267. The molecule has 0 aliphatic rings. The number of hydrogen-bond donors (Lipinski definition) is 0. The van der Waals surface area contributed by atoms with E-state index in [1.54, 1.807) is 0 Å². The van der Waals surface area contributed by atoms with Crippen molar-refractivity contribution < 1.29 is 30.6 Å². The average molecular weight is 754 g/mol. The first-order valence-electron chi connectivity index (χ1n) is 16.8. The zero-order valence-corrected chi connectivity index (χ0v) is 36.5. The van der Waals surface area contributed by atoms with Crippen LogP contribution in [0.15, 0.2) is 77.2 Å². The van der Waals surface area contributed by atoms with Gasteiger partial charge in [0.1, 0.15) is 11.2 Å². The number of rotatable bonds is 10. The number of hydrogen-bond acceptors (Lipinski definition) is 1. The van der Waals surface area contributed by atoms with Gasteiger partial charge in [-0.15, -0.1) is 11.4 Å². The zero-order valence-electron chi connectivity index (χ0n) is 32.0. The summed E-state index contributed by atoms with van der Waals surface area (Å²) in [5, 5.41) is 4.85. The van der Waals surface area contributed by atoms with E-state index in [-0.39, 0.29) is 41.1 Å². The smallest absolute Gasteiger partial charge is 0.683 e. The Kier molecular flexibility index (Phi) is 14.0. The first-order valence-corrected chi connectivity index (χ1v) is 22.7. The van der Waals surface area contributed by atoms with Crippen LogP contribution in [0.5, 0.6) is 0 Å². The van der Waals surface area contributed by atoms with Crippen LogP contribution in [0.3, 0.4) is 0 Å². The third-order valence-electron chi connectivity index (χ3n) is 9.31. The van der Waals surface area contributed by atoms with Crippen molar-refractivity contribution in [2.75, 3.05) is 0 Å².